The van der Waals surface area contributed by atoms with Crippen LogP contribution >= 0.6 is 0 Å². The smallest absolute Gasteiger partial charge is 0.272 e. The summed E-state index contributed by atoms with van der Waals surface area (Å²) in [4.78, 5) is 33.8. The fourth-order valence-corrected chi connectivity index (χ4v) is 4.07. The second-order valence-corrected chi connectivity index (χ2v) is 7.14. The Morgan fingerprint density at radius 3 is 2.59 bits per heavy atom. The third kappa shape index (κ3) is 3.28. The summed E-state index contributed by atoms with van der Waals surface area (Å²) in [6.45, 7) is 1.76. The van der Waals surface area contributed by atoms with Gasteiger partial charge in [-0.2, -0.15) is 5.26 Å². The highest BCUT2D eigenvalue weighted by atomic mass is 16.2. The molecule has 0 N–H and O–H groups in total. The van der Waals surface area contributed by atoms with Crippen molar-refractivity contribution < 1.29 is 9.59 Å². The largest absolute Gasteiger partial charge is 0.335 e. The van der Waals surface area contributed by atoms with Crippen LogP contribution in [0, 0.1) is 17.2 Å². The Bertz CT molecular complexity index is 906. The Kier molecular flexibility index (Phi) is 4.59. The first-order valence-electron chi connectivity index (χ1n) is 9.18. The average Bonchev–Trinajstić information content (AvgIpc) is 3.05. The van der Waals surface area contributed by atoms with E-state index in [0.29, 0.717) is 36.5 Å². The number of amides is 2. The number of nitrogens with zero attached hydrogens (tertiary/aromatic N) is 4. The number of pyridine rings is 1. The van der Waals surface area contributed by atoms with Crippen LogP contribution < -0.4 is 0 Å². The summed E-state index contributed by atoms with van der Waals surface area (Å²) in [6, 6.07) is 14.3. The number of benzene rings is 1. The highest BCUT2D eigenvalue weighted by Gasteiger charge is 2.39. The first-order valence-corrected chi connectivity index (χ1v) is 9.18. The third-order valence-electron chi connectivity index (χ3n) is 5.42. The van der Waals surface area contributed by atoms with Crippen LogP contribution in [0.3, 0.4) is 0 Å². The molecule has 6 nitrogen and oxygen atoms in total. The van der Waals surface area contributed by atoms with Gasteiger partial charge in [-0.15, -0.1) is 0 Å². The Labute approximate surface area is 158 Å². The molecule has 0 unspecified atom stereocenters. The number of carbonyl (C=O) groups excluding carboxylic acids is 2. The van der Waals surface area contributed by atoms with Gasteiger partial charge in [-0.1, -0.05) is 18.2 Å². The maximum atomic E-state index is 13.1. The van der Waals surface area contributed by atoms with Gasteiger partial charge in [-0.25, -0.2) is 0 Å². The molecular weight excluding hydrogens is 340 g/mol. The molecule has 0 spiro atoms. The molecule has 2 atom stereocenters. The lowest BCUT2D eigenvalue weighted by Crippen LogP contribution is -2.48. The third-order valence-corrected chi connectivity index (χ3v) is 5.42. The van der Waals surface area contributed by atoms with Gasteiger partial charge >= 0.3 is 0 Å². The van der Waals surface area contributed by atoms with Crippen molar-refractivity contribution in [1.29, 1.82) is 5.26 Å². The molecule has 5 rings (SSSR count). The number of hydrogen-bond donors (Lipinski definition) is 0. The molecule has 136 valence electrons. The number of carbonyl (C=O) groups is 2. The molecular formula is C21H20N4O2. The molecule has 3 saturated heterocycles. The fraction of sp³-hybridized carbons (Fsp3) is 0.333. The van der Waals surface area contributed by atoms with E-state index in [2.05, 4.69) is 11.1 Å². The molecule has 1 aromatic carbocycles. The number of piperidine rings is 1. The van der Waals surface area contributed by atoms with Crippen LogP contribution in [-0.2, 0) is 0 Å². The molecule has 2 amide bonds. The molecule has 4 heterocycles. The van der Waals surface area contributed by atoms with Gasteiger partial charge < -0.3 is 9.80 Å². The fourth-order valence-electron chi connectivity index (χ4n) is 4.07. The van der Waals surface area contributed by atoms with Crippen LogP contribution in [-0.4, -0.2) is 52.3 Å². The average molecular weight is 360 g/mol. The minimum atomic E-state index is -0.117. The maximum Gasteiger partial charge on any atom is 0.272 e. The van der Waals surface area contributed by atoms with Gasteiger partial charge in [-0.3, -0.25) is 14.6 Å². The van der Waals surface area contributed by atoms with Gasteiger partial charge in [0.2, 0.25) is 0 Å². The minimum Gasteiger partial charge on any atom is -0.335 e. The predicted molar refractivity (Wildman–Crippen MR) is 98.8 cm³/mol. The molecule has 0 radical (unpaired) electrons. The van der Waals surface area contributed by atoms with E-state index in [9.17, 15) is 14.9 Å². The van der Waals surface area contributed by atoms with E-state index >= 15 is 0 Å². The quantitative estimate of drug-likeness (QED) is 0.823. The van der Waals surface area contributed by atoms with Gasteiger partial charge in [0.15, 0.2) is 0 Å². The van der Waals surface area contributed by atoms with Crippen molar-refractivity contribution in [3.63, 3.8) is 0 Å². The highest BCUT2D eigenvalue weighted by molar-refractivity contribution is 5.97. The Morgan fingerprint density at radius 1 is 1.00 bits per heavy atom. The van der Waals surface area contributed by atoms with Crippen LogP contribution in [0.15, 0.2) is 48.7 Å². The summed E-state index contributed by atoms with van der Waals surface area (Å²) in [6.07, 6.45) is 3.49. The lowest BCUT2D eigenvalue weighted by Gasteiger charge is -2.36. The van der Waals surface area contributed by atoms with Crippen LogP contribution in [0.4, 0.5) is 0 Å². The van der Waals surface area contributed by atoms with E-state index in [1.807, 2.05) is 9.80 Å². The van der Waals surface area contributed by atoms with Crippen molar-refractivity contribution in [2.75, 3.05) is 19.6 Å². The molecule has 27 heavy (non-hydrogen) atoms. The molecule has 3 aliphatic rings. The van der Waals surface area contributed by atoms with E-state index in [-0.39, 0.29) is 23.8 Å². The first kappa shape index (κ1) is 17.2. The minimum absolute atomic E-state index is 0.0318. The van der Waals surface area contributed by atoms with Gasteiger partial charge in [0, 0.05) is 31.9 Å². The zero-order chi connectivity index (χ0) is 18.8. The second-order valence-electron chi connectivity index (χ2n) is 7.14. The van der Waals surface area contributed by atoms with Crippen LogP contribution in [0.25, 0.3) is 0 Å². The molecule has 0 aliphatic carbocycles. The van der Waals surface area contributed by atoms with Crippen LogP contribution in [0.1, 0.15) is 39.3 Å². The number of fused-ring (bicyclic) bond motifs is 4. The Morgan fingerprint density at radius 2 is 1.81 bits per heavy atom. The summed E-state index contributed by atoms with van der Waals surface area (Å²) in [7, 11) is 0. The Hall–Kier alpha value is -3.20. The number of nitriles is 1. The maximum absolute atomic E-state index is 13.1. The van der Waals surface area contributed by atoms with Gasteiger partial charge in [-0.05, 0) is 43.0 Å². The predicted octanol–water partition coefficient (Wildman–Crippen LogP) is 2.33. The lowest BCUT2D eigenvalue weighted by molar-refractivity contribution is 0.0573. The van der Waals surface area contributed by atoms with E-state index in [4.69, 9.17) is 0 Å². The van der Waals surface area contributed by atoms with Gasteiger partial charge in [0.1, 0.15) is 5.69 Å². The van der Waals surface area contributed by atoms with Crippen molar-refractivity contribution in [2.45, 2.75) is 18.9 Å². The second kappa shape index (κ2) is 7.20. The summed E-state index contributed by atoms with van der Waals surface area (Å²) in [5.74, 6) is 0.0443. The molecule has 3 aliphatic heterocycles. The summed E-state index contributed by atoms with van der Waals surface area (Å²) in [5.41, 5.74) is 1.27. The van der Waals surface area contributed by atoms with Gasteiger partial charge in [0.25, 0.3) is 11.8 Å². The molecule has 3 fully saturated rings. The van der Waals surface area contributed by atoms with E-state index in [0.717, 1.165) is 12.8 Å². The highest BCUT2D eigenvalue weighted by Crippen LogP contribution is 2.30. The number of rotatable bonds is 2. The number of hydrogen-bond acceptors (Lipinski definition) is 4. The Balaban J connectivity index is 1.58. The van der Waals surface area contributed by atoms with Crippen LogP contribution in [0.5, 0.6) is 0 Å². The van der Waals surface area contributed by atoms with Crippen molar-refractivity contribution in [3.05, 3.63) is 65.5 Å². The van der Waals surface area contributed by atoms with Crippen molar-refractivity contribution >= 4 is 11.8 Å². The van der Waals surface area contributed by atoms with Crippen molar-refractivity contribution in [2.24, 2.45) is 5.92 Å². The summed E-state index contributed by atoms with van der Waals surface area (Å²) >= 11 is 0. The van der Waals surface area contributed by atoms with Crippen molar-refractivity contribution in [3.8, 4) is 6.07 Å². The molecule has 6 heteroatoms. The monoisotopic (exact) mass is 360 g/mol. The number of aromatic nitrogens is 1. The standard InChI is InChI=1S/C21H20N4O2/c22-11-16-5-1-2-6-18(16)20(26)25-13-15-8-9-17(25)14-24(12-15)21(27)19-7-3-4-10-23-19/h1-7,10,15,17H,8-9,12-14H2/t15-,17+/m0/s1. The van der Waals surface area contributed by atoms with Crippen LogP contribution in [0.2, 0.25) is 0 Å². The SMILES string of the molecule is N#Cc1ccccc1C(=O)N1C[C@H]2CC[C@@H]1CN(C(=O)c1ccccn1)C2. The van der Waals surface area contributed by atoms with E-state index in [1.165, 1.54) is 0 Å². The van der Waals surface area contributed by atoms with E-state index < -0.39 is 0 Å². The lowest BCUT2D eigenvalue weighted by atomic mass is 9.94. The summed E-state index contributed by atoms with van der Waals surface area (Å²) in [5, 5.41) is 9.31. The van der Waals surface area contributed by atoms with E-state index in [1.54, 1.807) is 48.7 Å². The zero-order valence-electron chi connectivity index (χ0n) is 14.9. The zero-order valence-corrected chi connectivity index (χ0v) is 14.9. The topological polar surface area (TPSA) is 77.3 Å². The molecule has 0 saturated carbocycles. The molecule has 1 aromatic heterocycles. The van der Waals surface area contributed by atoms with Gasteiger partial charge in [0.05, 0.1) is 17.2 Å². The van der Waals surface area contributed by atoms with Crippen molar-refractivity contribution in [1.82, 2.24) is 14.8 Å². The normalized spacial score (nSPS) is 21.4. The molecule has 2 aromatic rings. The first-order chi connectivity index (χ1) is 13.2. The summed E-state index contributed by atoms with van der Waals surface area (Å²) < 4.78 is 0. The molecule has 2 bridgehead atoms.